The van der Waals surface area contributed by atoms with E-state index in [0.29, 0.717) is 17.0 Å². The number of carbonyl (C=O) groups excluding carboxylic acids is 2. The van der Waals surface area contributed by atoms with Crippen LogP contribution in [0.15, 0.2) is 47.3 Å². The Kier molecular flexibility index (Phi) is 3.61. The van der Waals surface area contributed by atoms with Crippen molar-refractivity contribution >= 4 is 34.5 Å². The van der Waals surface area contributed by atoms with Crippen molar-refractivity contribution in [2.45, 2.75) is 20.8 Å². The van der Waals surface area contributed by atoms with Crippen LogP contribution in [0.5, 0.6) is 0 Å². The summed E-state index contributed by atoms with van der Waals surface area (Å²) >= 11 is 0. The molecular formula is C20H17N3O3. The van der Waals surface area contributed by atoms with Crippen LogP contribution < -0.4 is 10.6 Å². The Morgan fingerprint density at radius 1 is 1.00 bits per heavy atom. The van der Waals surface area contributed by atoms with Crippen molar-refractivity contribution in [1.82, 2.24) is 0 Å². The lowest BCUT2D eigenvalue weighted by atomic mass is 9.98. The zero-order valence-electron chi connectivity index (χ0n) is 14.6. The first-order chi connectivity index (χ1) is 12.5. The van der Waals surface area contributed by atoms with E-state index in [1.807, 2.05) is 50.2 Å². The van der Waals surface area contributed by atoms with E-state index in [1.54, 1.807) is 0 Å². The molecule has 2 heterocycles. The molecule has 0 unspecified atom stereocenters. The Balaban J connectivity index is 1.94. The molecule has 2 N–H and O–H groups in total. The van der Waals surface area contributed by atoms with Crippen LogP contribution in [0.4, 0.5) is 11.4 Å². The largest absolute Gasteiger partial charge is 0.352 e. The molecule has 4 rings (SSSR count). The van der Waals surface area contributed by atoms with Crippen molar-refractivity contribution in [2.24, 2.45) is 5.16 Å². The molecule has 0 spiro atoms. The Hall–Kier alpha value is -3.41. The molecule has 0 fully saturated rings. The van der Waals surface area contributed by atoms with Gasteiger partial charge in [0, 0.05) is 29.4 Å². The van der Waals surface area contributed by atoms with Crippen LogP contribution in [-0.4, -0.2) is 17.6 Å². The number of nitrogens with zero attached hydrogens (tertiary/aromatic N) is 1. The monoisotopic (exact) mass is 347 g/mol. The molecule has 0 bridgehead atoms. The van der Waals surface area contributed by atoms with Gasteiger partial charge in [0.15, 0.2) is 0 Å². The number of allylic oxidation sites excluding steroid dienone is 1. The van der Waals surface area contributed by atoms with Crippen LogP contribution in [-0.2, 0) is 14.4 Å². The maximum Gasteiger partial charge on any atom is 0.332 e. The number of benzene rings is 2. The van der Waals surface area contributed by atoms with Crippen LogP contribution in [0.2, 0.25) is 0 Å². The summed E-state index contributed by atoms with van der Waals surface area (Å²) in [7, 11) is 0. The number of hydrogen-bond donors (Lipinski definition) is 2. The number of oxime groups is 1. The summed E-state index contributed by atoms with van der Waals surface area (Å²) in [5.74, 6) is -0.732. The van der Waals surface area contributed by atoms with Gasteiger partial charge in [0.05, 0.1) is 11.3 Å². The molecule has 6 nitrogen and oxygen atoms in total. The zero-order valence-corrected chi connectivity index (χ0v) is 14.6. The molecule has 130 valence electrons. The van der Waals surface area contributed by atoms with Gasteiger partial charge in [0.1, 0.15) is 5.71 Å². The minimum Gasteiger partial charge on any atom is -0.352 e. The highest BCUT2D eigenvalue weighted by atomic mass is 16.7. The fraction of sp³-hybridized carbons (Fsp3) is 0.150. The van der Waals surface area contributed by atoms with E-state index in [1.165, 1.54) is 6.92 Å². The van der Waals surface area contributed by atoms with E-state index in [-0.39, 0.29) is 5.91 Å². The Labute approximate surface area is 150 Å². The number of aryl methyl sites for hydroxylation is 2. The van der Waals surface area contributed by atoms with E-state index < -0.39 is 5.97 Å². The molecule has 2 aliphatic rings. The molecule has 2 aromatic rings. The summed E-state index contributed by atoms with van der Waals surface area (Å²) in [5, 5.41) is 10.2. The number of hydrogen-bond acceptors (Lipinski definition) is 5. The first kappa shape index (κ1) is 16.1. The Morgan fingerprint density at radius 2 is 1.73 bits per heavy atom. The number of anilines is 2. The van der Waals surface area contributed by atoms with E-state index in [0.717, 1.165) is 33.6 Å². The van der Waals surface area contributed by atoms with Crippen molar-refractivity contribution in [3.8, 4) is 0 Å². The van der Waals surface area contributed by atoms with Gasteiger partial charge in [-0.3, -0.25) is 4.79 Å². The van der Waals surface area contributed by atoms with Gasteiger partial charge in [-0.15, -0.1) is 0 Å². The van der Waals surface area contributed by atoms with Crippen LogP contribution >= 0.6 is 0 Å². The fourth-order valence-electron chi connectivity index (χ4n) is 3.19. The minimum absolute atomic E-state index is 0.212. The number of amides is 1. The zero-order chi connectivity index (χ0) is 18.4. The molecule has 0 saturated heterocycles. The lowest BCUT2D eigenvalue weighted by molar-refractivity contribution is -0.140. The van der Waals surface area contributed by atoms with Crippen molar-refractivity contribution in [3.63, 3.8) is 0 Å². The molecule has 0 aromatic heterocycles. The van der Waals surface area contributed by atoms with E-state index in [4.69, 9.17) is 4.84 Å². The summed E-state index contributed by atoms with van der Waals surface area (Å²) in [6.07, 6.45) is 0. The number of carbonyl (C=O) groups is 2. The van der Waals surface area contributed by atoms with Crippen LogP contribution in [0.1, 0.15) is 29.2 Å². The normalized spacial score (nSPS) is 19.0. The third-order valence-corrected chi connectivity index (χ3v) is 4.57. The average molecular weight is 347 g/mol. The SMILES string of the molecule is CC(=O)O/N=C1/C(=C2/C(=O)Nc3cc(C)c(C)cc32)Nc2ccccc21. The second-order valence-corrected chi connectivity index (χ2v) is 6.38. The summed E-state index contributed by atoms with van der Waals surface area (Å²) in [6.45, 7) is 5.30. The van der Waals surface area contributed by atoms with Gasteiger partial charge in [-0.2, -0.15) is 0 Å². The second kappa shape index (κ2) is 5.84. The molecule has 2 aliphatic heterocycles. The van der Waals surface area contributed by atoms with Gasteiger partial charge in [-0.25, -0.2) is 4.79 Å². The summed E-state index contributed by atoms with van der Waals surface area (Å²) in [6, 6.07) is 11.5. The topological polar surface area (TPSA) is 79.8 Å². The van der Waals surface area contributed by atoms with Gasteiger partial charge in [-0.1, -0.05) is 23.4 Å². The molecular weight excluding hydrogens is 330 g/mol. The maximum absolute atomic E-state index is 12.7. The molecule has 2 aromatic carbocycles. The van der Waals surface area contributed by atoms with Crippen molar-refractivity contribution in [1.29, 1.82) is 0 Å². The van der Waals surface area contributed by atoms with E-state index in [9.17, 15) is 9.59 Å². The minimum atomic E-state index is -0.519. The molecule has 0 saturated carbocycles. The third-order valence-electron chi connectivity index (χ3n) is 4.57. The van der Waals surface area contributed by atoms with Gasteiger partial charge in [0.2, 0.25) is 0 Å². The lowest BCUT2D eigenvalue weighted by Crippen LogP contribution is -2.13. The number of para-hydroxylation sites is 1. The predicted molar refractivity (Wildman–Crippen MR) is 99.8 cm³/mol. The molecule has 0 radical (unpaired) electrons. The average Bonchev–Trinajstić information content (AvgIpc) is 3.10. The lowest BCUT2D eigenvalue weighted by Gasteiger charge is -2.08. The van der Waals surface area contributed by atoms with E-state index >= 15 is 0 Å². The molecule has 1 amide bonds. The molecule has 0 atom stereocenters. The summed E-state index contributed by atoms with van der Waals surface area (Å²) in [4.78, 5) is 28.8. The second-order valence-electron chi connectivity index (χ2n) is 6.38. The molecule has 0 aliphatic carbocycles. The number of rotatable bonds is 1. The summed E-state index contributed by atoms with van der Waals surface area (Å²) < 4.78 is 0. The quantitative estimate of drug-likeness (QED) is 0.471. The Bertz CT molecular complexity index is 1030. The van der Waals surface area contributed by atoms with Crippen LogP contribution in [0.3, 0.4) is 0 Å². The molecule has 26 heavy (non-hydrogen) atoms. The van der Waals surface area contributed by atoms with Crippen molar-refractivity contribution in [2.75, 3.05) is 10.6 Å². The summed E-state index contributed by atoms with van der Waals surface area (Å²) in [5.41, 5.74) is 6.82. The highest BCUT2D eigenvalue weighted by molar-refractivity contribution is 6.39. The maximum atomic E-state index is 12.7. The first-order valence-electron chi connectivity index (χ1n) is 8.25. The third kappa shape index (κ3) is 2.47. The molecule has 6 heteroatoms. The smallest absolute Gasteiger partial charge is 0.332 e. The first-order valence-corrected chi connectivity index (χ1v) is 8.25. The van der Waals surface area contributed by atoms with E-state index in [2.05, 4.69) is 15.8 Å². The number of fused-ring (bicyclic) bond motifs is 2. The Morgan fingerprint density at radius 3 is 2.50 bits per heavy atom. The number of nitrogens with one attached hydrogen (secondary N) is 2. The van der Waals surface area contributed by atoms with Crippen molar-refractivity contribution < 1.29 is 14.4 Å². The van der Waals surface area contributed by atoms with Gasteiger partial charge in [-0.05, 0) is 43.2 Å². The highest BCUT2D eigenvalue weighted by Crippen LogP contribution is 2.40. The van der Waals surface area contributed by atoms with Gasteiger partial charge >= 0.3 is 5.97 Å². The van der Waals surface area contributed by atoms with Gasteiger partial charge < -0.3 is 15.5 Å². The fourth-order valence-corrected chi connectivity index (χ4v) is 3.19. The van der Waals surface area contributed by atoms with Crippen molar-refractivity contribution in [3.05, 3.63) is 64.3 Å². The highest BCUT2D eigenvalue weighted by Gasteiger charge is 2.34. The van der Waals surface area contributed by atoms with Gasteiger partial charge in [0.25, 0.3) is 5.91 Å². The predicted octanol–water partition coefficient (Wildman–Crippen LogP) is 3.36. The standard InChI is InChI=1S/C20H17N3O3/c1-10-8-14-16(9-11(10)2)22-20(25)17(14)19-18(23-26-12(3)24)13-6-4-5-7-15(13)21-19/h4-9,21H,1-3H3,(H,22,25)/b19-17-,23-18+. The van der Waals surface area contributed by atoms with Crippen LogP contribution in [0.25, 0.3) is 5.57 Å². The van der Waals surface area contributed by atoms with Crippen LogP contribution in [0, 0.1) is 13.8 Å².